The van der Waals surface area contributed by atoms with Crippen LogP contribution in [0.25, 0.3) is 5.69 Å². The van der Waals surface area contributed by atoms with Crippen molar-refractivity contribution in [2.75, 3.05) is 6.61 Å². The first-order valence-electron chi connectivity index (χ1n) is 6.61. The van der Waals surface area contributed by atoms with Gasteiger partial charge in [-0.25, -0.2) is 5.84 Å². The van der Waals surface area contributed by atoms with Crippen molar-refractivity contribution < 1.29 is 9.53 Å². The van der Waals surface area contributed by atoms with Crippen LogP contribution in [0.2, 0.25) is 0 Å². The van der Waals surface area contributed by atoms with Gasteiger partial charge in [0.2, 0.25) is 0 Å². The number of hydrazine groups is 1. The highest BCUT2D eigenvalue weighted by atomic mass is 16.5. The number of carbonyl (C=O) groups excluding carboxylic acids is 1. The molecule has 0 aliphatic rings. The van der Waals surface area contributed by atoms with Crippen molar-refractivity contribution in [3.8, 4) is 11.4 Å². The lowest BCUT2D eigenvalue weighted by Gasteiger charge is -2.09. The quantitative estimate of drug-likeness (QED) is 0.331. The molecule has 1 heterocycles. The van der Waals surface area contributed by atoms with Crippen LogP contribution in [0.5, 0.6) is 5.75 Å². The summed E-state index contributed by atoms with van der Waals surface area (Å²) in [6.45, 7) is 2.10. The minimum absolute atomic E-state index is 0.311. The number of hydrogen-bond acceptors (Lipinski definition) is 5. The average Bonchev–Trinajstić information content (AvgIpc) is 2.53. The molecule has 8 nitrogen and oxygen atoms in total. The zero-order valence-electron chi connectivity index (χ0n) is 12.0. The van der Waals surface area contributed by atoms with Gasteiger partial charge in [0.1, 0.15) is 12.3 Å². The number of benzene rings is 1. The van der Waals surface area contributed by atoms with Crippen LogP contribution in [0.4, 0.5) is 0 Å². The molecular formula is C14H16N4O4. The van der Waals surface area contributed by atoms with Gasteiger partial charge >= 0.3 is 11.1 Å². The van der Waals surface area contributed by atoms with Crippen molar-refractivity contribution in [2.24, 2.45) is 5.84 Å². The fourth-order valence-corrected chi connectivity index (χ4v) is 1.91. The molecule has 3 N–H and O–H groups in total. The Hall–Kier alpha value is -2.87. The Kier molecular flexibility index (Phi) is 4.74. The van der Waals surface area contributed by atoms with Gasteiger partial charge < -0.3 is 4.74 Å². The number of nitrogens with one attached hydrogen (secondary N) is 1. The molecule has 1 aromatic heterocycles. The monoisotopic (exact) mass is 304 g/mol. The van der Waals surface area contributed by atoms with E-state index in [9.17, 15) is 14.4 Å². The number of rotatable bonds is 5. The first kappa shape index (κ1) is 15.5. The molecule has 22 heavy (non-hydrogen) atoms. The molecule has 0 unspecified atom stereocenters. The summed E-state index contributed by atoms with van der Waals surface area (Å²) < 4.78 is 7.52. The normalized spacial score (nSPS) is 10.3. The molecule has 0 spiro atoms. The fourth-order valence-electron chi connectivity index (χ4n) is 1.91. The molecule has 0 aliphatic heterocycles. The van der Waals surface area contributed by atoms with Crippen molar-refractivity contribution in [1.29, 1.82) is 0 Å². The predicted octanol–water partition coefficient (Wildman–Crippen LogP) is -0.612. The smallest absolute Gasteiger partial charge is 0.320 e. The number of hydrogen-bond donors (Lipinski definition) is 2. The minimum atomic E-state index is -0.806. The van der Waals surface area contributed by atoms with Crippen LogP contribution in [0, 0.1) is 0 Å². The second-order valence-electron chi connectivity index (χ2n) is 4.40. The number of aromatic nitrogens is 2. The first-order chi connectivity index (χ1) is 10.6. The van der Waals surface area contributed by atoms with E-state index in [1.807, 2.05) is 12.3 Å². The highest BCUT2D eigenvalue weighted by molar-refractivity contribution is 5.74. The van der Waals surface area contributed by atoms with Gasteiger partial charge in [-0.2, -0.15) is 0 Å². The van der Waals surface area contributed by atoms with Gasteiger partial charge in [0.25, 0.3) is 5.91 Å². The standard InChI is InChI=1S/C14H16N4O4/c1-2-22-11-5-3-10(4-6-11)18-8-7-17(9-12(19)16-15)13(20)14(18)21/h3-8H,2,9,15H2,1H3,(H,16,19). The van der Waals surface area contributed by atoms with Crippen LogP contribution in [0.1, 0.15) is 6.92 Å². The lowest BCUT2D eigenvalue weighted by Crippen LogP contribution is -2.43. The molecule has 8 heteroatoms. The number of nitrogens with two attached hydrogens (primary N) is 1. The molecular weight excluding hydrogens is 288 g/mol. The third-order valence-electron chi connectivity index (χ3n) is 2.96. The van der Waals surface area contributed by atoms with E-state index >= 15 is 0 Å². The van der Waals surface area contributed by atoms with Crippen molar-refractivity contribution in [3.05, 3.63) is 57.4 Å². The van der Waals surface area contributed by atoms with Gasteiger partial charge in [-0.3, -0.25) is 28.9 Å². The van der Waals surface area contributed by atoms with Crippen molar-refractivity contribution in [2.45, 2.75) is 13.5 Å². The van der Waals surface area contributed by atoms with Crippen LogP contribution in [0.3, 0.4) is 0 Å². The largest absolute Gasteiger partial charge is 0.494 e. The summed E-state index contributed by atoms with van der Waals surface area (Å²) in [4.78, 5) is 35.3. The Morgan fingerprint density at radius 1 is 1.18 bits per heavy atom. The Morgan fingerprint density at radius 2 is 1.86 bits per heavy atom. The molecule has 0 saturated carbocycles. The summed E-state index contributed by atoms with van der Waals surface area (Å²) in [7, 11) is 0. The topological polar surface area (TPSA) is 108 Å². The third-order valence-corrected chi connectivity index (χ3v) is 2.96. The van der Waals surface area contributed by atoms with Gasteiger partial charge in [0.15, 0.2) is 0 Å². The lowest BCUT2D eigenvalue weighted by atomic mass is 10.3. The molecule has 0 radical (unpaired) electrons. The van der Waals surface area contributed by atoms with Gasteiger partial charge in [0, 0.05) is 18.1 Å². The van der Waals surface area contributed by atoms with Gasteiger partial charge in [0.05, 0.1) is 6.61 Å². The molecule has 0 bridgehead atoms. The fraction of sp³-hybridized carbons (Fsp3) is 0.214. The van der Waals surface area contributed by atoms with E-state index in [0.717, 1.165) is 4.57 Å². The van der Waals surface area contributed by atoms with Crippen LogP contribution in [-0.4, -0.2) is 21.6 Å². The maximum Gasteiger partial charge on any atom is 0.320 e. The number of ether oxygens (including phenoxy) is 1. The number of nitrogens with zero attached hydrogens (tertiary/aromatic N) is 2. The van der Waals surface area contributed by atoms with E-state index in [0.29, 0.717) is 18.0 Å². The Bertz CT molecular complexity index is 777. The highest BCUT2D eigenvalue weighted by Crippen LogP contribution is 2.13. The van der Waals surface area contributed by atoms with E-state index < -0.39 is 17.0 Å². The van der Waals surface area contributed by atoms with Crippen LogP contribution in [0.15, 0.2) is 46.2 Å². The zero-order chi connectivity index (χ0) is 16.1. The summed E-state index contributed by atoms with van der Waals surface area (Å²) in [5.74, 6) is 5.06. The first-order valence-corrected chi connectivity index (χ1v) is 6.61. The molecule has 0 aliphatic carbocycles. The van der Waals surface area contributed by atoms with Crippen molar-refractivity contribution >= 4 is 5.91 Å². The molecule has 0 atom stereocenters. The van der Waals surface area contributed by atoms with Gasteiger partial charge in [-0.05, 0) is 31.2 Å². The van der Waals surface area contributed by atoms with E-state index in [1.54, 1.807) is 24.3 Å². The highest BCUT2D eigenvalue weighted by Gasteiger charge is 2.09. The maximum atomic E-state index is 12.1. The molecule has 0 saturated heterocycles. The summed E-state index contributed by atoms with van der Waals surface area (Å²) >= 11 is 0. The van der Waals surface area contributed by atoms with Crippen LogP contribution < -0.4 is 27.1 Å². The number of amides is 1. The van der Waals surface area contributed by atoms with Crippen molar-refractivity contribution in [3.63, 3.8) is 0 Å². The summed E-state index contributed by atoms with van der Waals surface area (Å²) in [5.41, 5.74) is 0.873. The van der Waals surface area contributed by atoms with E-state index in [4.69, 9.17) is 10.6 Å². The van der Waals surface area contributed by atoms with E-state index in [2.05, 4.69) is 0 Å². The third kappa shape index (κ3) is 3.23. The Morgan fingerprint density at radius 3 is 2.45 bits per heavy atom. The summed E-state index contributed by atoms with van der Waals surface area (Å²) in [6, 6.07) is 6.75. The summed E-state index contributed by atoms with van der Waals surface area (Å²) in [5, 5.41) is 0. The Labute approximate surface area is 125 Å². The Balaban J connectivity index is 2.37. The minimum Gasteiger partial charge on any atom is -0.494 e. The van der Waals surface area contributed by atoms with Crippen LogP contribution >= 0.6 is 0 Å². The van der Waals surface area contributed by atoms with Gasteiger partial charge in [-0.1, -0.05) is 0 Å². The van der Waals surface area contributed by atoms with E-state index in [1.165, 1.54) is 17.0 Å². The predicted molar refractivity (Wildman–Crippen MR) is 79.8 cm³/mol. The molecule has 0 fully saturated rings. The molecule has 1 amide bonds. The van der Waals surface area contributed by atoms with E-state index in [-0.39, 0.29) is 6.54 Å². The average molecular weight is 304 g/mol. The molecule has 116 valence electrons. The molecule has 2 rings (SSSR count). The maximum absolute atomic E-state index is 12.1. The zero-order valence-corrected chi connectivity index (χ0v) is 12.0. The molecule has 2 aromatic rings. The lowest BCUT2D eigenvalue weighted by molar-refractivity contribution is -0.121. The number of carbonyl (C=O) groups is 1. The second kappa shape index (κ2) is 6.72. The van der Waals surface area contributed by atoms with Gasteiger partial charge in [-0.15, -0.1) is 0 Å². The SMILES string of the molecule is CCOc1ccc(-n2ccn(CC(=O)NN)c(=O)c2=O)cc1. The van der Waals surface area contributed by atoms with Crippen molar-refractivity contribution in [1.82, 2.24) is 14.6 Å². The molecule has 1 aromatic carbocycles. The summed E-state index contributed by atoms with van der Waals surface area (Å²) in [6.07, 6.45) is 2.78. The second-order valence-corrected chi connectivity index (χ2v) is 4.40. The van der Waals surface area contributed by atoms with Crippen LogP contribution in [-0.2, 0) is 11.3 Å².